The van der Waals surface area contributed by atoms with Crippen LogP contribution in [0.3, 0.4) is 0 Å². The molecule has 0 bridgehead atoms. The van der Waals surface area contributed by atoms with Crippen LogP contribution in [0.2, 0.25) is 0 Å². The zero-order valence-corrected chi connectivity index (χ0v) is 8.86. The second kappa shape index (κ2) is 6.03. The molecule has 0 spiro atoms. The summed E-state index contributed by atoms with van der Waals surface area (Å²) >= 11 is 0. The van der Waals surface area contributed by atoms with Gasteiger partial charge in [0.05, 0.1) is 7.11 Å². The third kappa shape index (κ3) is 3.25. The Morgan fingerprint density at radius 3 is 2.73 bits per heavy atom. The maximum Gasteiger partial charge on any atom is 0.341 e. The van der Waals surface area contributed by atoms with E-state index in [1.165, 1.54) is 7.11 Å². The first kappa shape index (κ1) is 11.5. The standard InChI is InChI=1S/C11H14O4/c1-3-14-8-15-10-7-5-4-6-9(10)11(12)13-2/h4-7H,3,8H2,1-2H3. The summed E-state index contributed by atoms with van der Waals surface area (Å²) in [5.41, 5.74) is 0.403. The summed E-state index contributed by atoms with van der Waals surface area (Å²) in [6.07, 6.45) is 0. The van der Waals surface area contributed by atoms with E-state index in [-0.39, 0.29) is 6.79 Å². The van der Waals surface area contributed by atoms with Crippen LogP contribution in [0.1, 0.15) is 17.3 Å². The van der Waals surface area contributed by atoms with E-state index >= 15 is 0 Å². The summed E-state index contributed by atoms with van der Waals surface area (Å²) in [4.78, 5) is 11.3. The molecule has 0 atom stereocenters. The first-order chi connectivity index (χ1) is 7.29. The monoisotopic (exact) mass is 210 g/mol. The van der Waals surface area contributed by atoms with Crippen LogP contribution in [0.15, 0.2) is 24.3 Å². The van der Waals surface area contributed by atoms with Gasteiger partial charge in [-0.3, -0.25) is 0 Å². The highest BCUT2D eigenvalue weighted by atomic mass is 16.7. The van der Waals surface area contributed by atoms with E-state index in [1.807, 2.05) is 6.92 Å². The Morgan fingerprint density at radius 2 is 2.07 bits per heavy atom. The van der Waals surface area contributed by atoms with E-state index in [1.54, 1.807) is 24.3 Å². The number of methoxy groups -OCH3 is 1. The van der Waals surface area contributed by atoms with Crippen molar-refractivity contribution in [3.8, 4) is 5.75 Å². The number of para-hydroxylation sites is 1. The molecule has 0 fully saturated rings. The second-order valence-corrected chi connectivity index (χ2v) is 2.74. The Labute approximate surface area is 88.8 Å². The minimum atomic E-state index is -0.415. The zero-order valence-electron chi connectivity index (χ0n) is 8.86. The molecule has 1 aromatic rings. The molecule has 0 aromatic heterocycles. The predicted molar refractivity (Wildman–Crippen MR) is 54.9 cm³/mol. The van der Waals surface area contributed by atoms with Crippen molar-refractivity contribution in [1.29, 1.82) is 0 Å². The smallest absolute Gasteiger partial charge is 0.341 e. The fourth-order valence-corrected chi connectivity index (χ4v) is 1.06. The zero-order chi connectivity index (χ0) is 11.1. The molecule has 0 radical (unpaired) electrons. The van der Waals surface area contributed by atoms with Gasteiger partial charge in [0.1, 0.15) is 11.3 Å². The molecule has 0 saturated carbocycles. The second-order valence-electron chi connectivity index (χ2n) is 2.74. The molecule has 0 aliphatic rings. The first-order valence-electron chi connectivity index (χ1n) is 4.67. The number of hydrogen-bond donors (Lipinski definition) is 0. The lowest BCUT2D eigenvalue weighted by Crippen LogP contribution is -2.08. The average Bonchev–Trinajstić information content (AvgIpc) is 2.29. The highest BCUT2D eigenvalue weighted by Gasteiger charge is 2.11. The minimum Gasteiger partial charge on any atom is -0.467 e. The van der Waals surface area contributed by atoms with Gasteiger partial charge in [0.2, 0.25) is 0 Å². The highest BCUT2D eigenvalue weighted by Crippen LogP contribution is 2.18. The van der Waals surface area contributed by atoms with Crippen LogP contribution in [0.25, 0.3) is 0 Å². The summed E-state index contributed by atoms with van der Waals surface area (Å²) in [6.45, 7) is 2.57. The Kier molecular flexibility index (Phi) is 4.63. The molecule has 4 heteroatoms. The van der Waals surface area contributed by atoms with Gasteiger partial charge in [0, 0.05) is 6.61 Å². The lowest BCUT2D eigenvalue weighted by Gasteiger charge is -2.09. The van der Waals surface area contributed by atoms with Gasteiger partial charge in [-0.2, -0.15) is 0 Å². The van der Waals surface area contributed by atoms with Crippen LogP contribution in [-0.2, 0) is 9.47 Å². The van der Waals surface area contributed by atoms with Crippen molar-refractivity contribution in [2.75, 3.05) is 20.5 Å². The summed E-state index contributed by atoms with van der Waals surface area (Å²) in [7, 11) is 1.33. The van der Waals surface area contributed by atoms with Crippen LogP contribution in [0.4, 0.5) is 0 Å². The Balaban J connectivity index is 2.73. The number of carbonyl (C=O) groups excluding carboxylic acids is 1. The molecule has 15 heavy (non-hydrogen) atoms. The predicted octanol–water partition coefficient (Wildman–Crippen LogP) is 1.85. The maximum absolute atomic E-state index is 11.3. The van der Waals surface area contributed by atoms with Gasteiger partial charge in [-0.25, -0.2) is 4.79 Å². The van der Waals surface area contributed by atoms with Crippen molar-refractivity contribution in [2.24, 2.45) is 0 Å². The van der Waals surface area contributed by atoms with E-state index in [2.05, 4.69) is 4.74 Å². The Bertz CT molecular complexity index is 322. The van der Waals surface area contributed by atoms with Crippen molar-refractivity contribution in [3.63, 3.8) is 0 Å². The molecule has 1 rings (SSSR count). The third-order valence-corrected chi connectivity index (χ3v) is 1.79. The van der Waals surface area contributed by atoms with Crippen LogP contribution in [0.5, 0.6) is 5.75 Å². The van der Waals surface area contributed by atoms with Gasteiger partial charge < -0.3 is 14.2 Å². The van der Waals surface area contributed by atoms with E-state index in [0.717, 1.165) is 0 Å². The van der Waals surface area contributed by atoms with Crippen molar-refractivity contribution in [2.45, 2.75) is 6.92 Å². The molecule has 0 aliphatic heterocycles. The highest BCUT2D eigenvalue weighted by molar-refractivity contribution is 5.92. The van der Waals surface area contributed by atoms with E-state index < -0.39 is 5.97 Å². The molecule has 1 aromatic carbocycles. The number of hydrogen-bond acceptors (Lipinski definition) is 4. The van der Waals surface area contributed by atoms with Crippen LogP contribution < -0.4 is 4.74 Å². The molecule has 0 saturated heterocycles. The van der Waals surface area contributed by atoms with Gasteiger partial charge in [0.15, 0.2) is 6.79 Å². The fraction of sp³-hybridized carbons (Fsp3) is 0.364. The van der Waals surface area contributed by atoms with Crippen molar-refractivity contribution >= 4 is 5.97 Å². The van der Waals surface area contributed by atoms with Crippen LogP contribution >= 0.6 is 0 Å². The van der Waals surface area contributed by atoms with Gasteiger partial charge in [-0.05, 0) is 19.1 Å². The summed E-state index contributed by atoms with van der Waals surface area (Å²) in [5, 5.41) is 0. The van der Waals surface area contributed by atoms with Crippen LogP contribution in [0, 0.1) is 0 Å². The van der Waals surface area contributed by atoms with E-state index in [4.69, 9.17) is 9.47 Å². The quantitative estimate of drug-likeness (QED) is 0.422. The van der Waals surface area contributed by atoms with Gasteiger partial charge in [-0.15, -0.1) is 0 Å². The molecule has 4 nitrogen and oxygen atoms in total. The van der Waals surface area contributed by atoms with Gasteiger partial charge >= 0.3 is 5.97 Å². The van der Waals surface area contributed by atoms with Crippen molar-refractivity contribution < 1.29 is 19.0 Å². The first-order valence-corrected chi connectivity index (χ1v) is 4.67. The fourth-order valence-electron chi connectivity index (χ4n) is 1.06. The largest absolute Gasteiger partial charge is 0.467 e. The number of rotatable bonds is 5. The molecular weight excluding hydrogens is 196 g/mol. The lowest BCUT2D eigenvalue weighted by atomic mass is 10.2. The van der Waals surface area contributed by atoms with Gasteiger partial charge in [0.25, 0.3) is 0 Å². The summed E-state index contributed by atoms with van der Waals surface area (Å²) in [6, 6.07) is 6.88. The normalized spacial score (nSPS) is 9.73. The minimum absolute atomic E-state index is 0.129. The van der Waals surface area contributed by atoms with Crippen LogP contribution in [-0.4, -0.2) is 26.5 Å². The molecule has 0 amide bonds. The average molecular weight is 210 g/mol. The number of esters is 1. The lowest BCUT2D eigenvalue weighted by molar-refractivity contribution is 0.0210. The molecule has 0 heterocycles. The Morgan fingerprint density at radius 1 is 1.33 bits per heavy atom. The number of carbonyl (C=O) groups is 1. The number of ether oxygens (including phenoxy) is 3. The summed E-state index contributed by atoms with van der Waals surface area (Å²) in [5.74, 6) is 0.0555. The molecular formula is C11H14O4. The van der Waals surface area contributed by atoms with Gasteiger partial charge in [-0.1, -0.05) is 12.1 Å². The number of benzene rings is 1. The molecule has 82 valence electrons. The third-order valence-electron chi connectivity index (χ3n) is 1.79. The summed E-state index contributed by atoms with van der Waals surface area (Å²) < 4.78 is 14.9. The maximum atomic E-state index is 11.3. The molecule has 0 aliphatic carbocycles. The SMILES string of the molecule is CCOCOc1ccccc1C(=O)OC. The van der Waals surface area contributed by atoms with Crippen molar-refractivity contribution in [1.82, 2.24) is 0 Å². The molecule has 0 unspecified atom stereocenters. The van der Waals surface area contributed by atoms with E-state index in [0.29, 0.717) is 17.9 Å². The molecule has 0 N–H and O–H groups in total. The topological polar surface area (TPSA) is 44.8 Å². The Hall–Kier alpha value is -1.55. The van der Waals surface area contributed by atoms with Crippen molar-refractivity contribution in [3.05, 3.63) is 29.8 Å². The van der Waals surface area contributed by atoms with E-state index in [9.17, 15) is 4.79 Å².